The Morgan fingerprint density at radius 2 is 1.30 bits per heavy atom. The second-order valence-corrected chi connectivity index (χ2v) is 8.81. The number of nitrogens with one attached hydrogen (secondary N) is 2. The molecule has 200 valence electrons. The maximum atomic E-state index is 12.7. The molecule has 2 N–H and O–H groups in total. The summed E-state index contributed by atoms with van der Waals surface area (Å²) >= 11 is 11.8. The van der Waals surface area contributed by atoms with Crippen molar-refractivity contribution in [2.75, 3.05) is 5.32 Å². The average Bonchev–Trinajstić information content (AvgIpc) is 2.96. The summed E-state index contributed by atoms with van der Waals surface area (Å²) in [5.41, 5.74) is 3.21. The van der Waals surface area contributed by atoms with Crippen molar-refractivity contribution < 1.29 is 28.7 Å². The lowest BCUT2D eigenvalue weighted by atomic mass is 10.2. The maximum absolute atomic E-state index is 12.7. The van der Waals surface area contributed by atoms with Crippen LogP contribution in [0.4, 0.5) is 5.69 Å². The Morgan fingerprint density at radius 1 is 0.675 bits per heavy atom. The zero-order valence-electron chi connectivity index (χ0n) is 20.5. The second-order valence-electron chi connectivity index (χ2n) is 7.99. The third-order valence-electron chi connectivity index (χ3n) is 5.17. The molecule has 0 bridgehead atoms. The number of amides is 2. The van der Waals surface area contributed by atoms with Gasteiger partial charge in [-0.1, -0.05) is 59.6 Å². The van der Waals surface area contributed by atoms with Crippen molar-refractivity contribution in [1.82, 2.24) is 5.43 Å². The van der Waals surface area contributed by atoms with E-state index in [1.807, 2.05) is 0 Å². The molecule has 0 aliphatic heterocycles. The van der Waals surface area contributed by atoms with Gasteiger partial charge >= 0.3 is 23.8 Å². The fraction of sp³-hybridized carbons (Fsp3) is 0. The number of carbonyl (C=O) groups excluding carboxylic acids is 4. The van der Waals surface area contributed by atoms with Crippen LogP contribution in [0.5, 0.6) is 11.5 Å². The van der Waals surface area contributed by atoms with Crippen molar-refractivity contribution >= 4 is 58.9 Å². The van der Waals surface area contributed by atoms with Crippen LogP contribution >= 0.6 is 23.2 Å². The lowest BCUT2D eigenvalue weighted by Gasteiger charge is -2.10. The normalized spacial score (nSPS) is 10.6. The van der Waals surface area contributed by atoms with Gasteiger partial charge in [0.05, 0.1) is 27.4 Å². The quantitative estimate of drug-likeness (QED) is 0.0982. The van der Waals surface area contributed by atoms with E-state index in [0.717, 1.165) is 0 Å². The third-order valence-corrected chi connectivity index (χ3v) is 5.91. The molecule has 9 nitrogen and oxygen atoms in total. The van der Waals surface area contributed by atoms with Crippen LogP contribution in [-0.2, 0) is 9.59 Å². The van der Waals surface area contributed by atoms with Gasteiger partial charge in [-0.05, 0) is 54.6 Å². The predicted octanol–water partition coefficient (Wildman–Crippen LogP) is 5.52. The minimum absolute atomic E-state index is 0.00882. The molecule has 40 heavy (non-hydrogen) atoms. The van der Waals surface area contributed by atoms with Gasteiger partial charge in [0.2, 0.25) is 0 Å². The van der Waals surface area contributed by atoms with Crippen molar-refractivity contribution in [3.05, 3.63) is 124 Å². The Morgan fingerprint density at radius 3 is 1.93 bits per heavy atom. The summed E-state index contributed by atoms with van der Waals surface area (Å²) in [5, 5.41) is 6.64. The Balaban J connectivity index is 1.49. The first-order valence-corrected chi connectivity index (χ1v) is 12.3. The van der Waals surface area contributed by atoms with Crippen molar-refractivity contribution in [3.8, 4) is 11.5 Å². The molecule has 0 radical (unpaired) electrons. The lowest BCUT2D eigenvalue weighted by molar-refractivity contribution is -0.136. The SMILES string of the molecule is O=C(NN=Cc1ccc(OC(=O)c2ccccc2)cc1OC(=O)c1ccccc1)C(=O)Nc1ccc(Cl)c(Cl)c1. The van der Waals surface area contributed by atoms with E-state index in [2.05, 4.69) is 15.8 Å². The van der Waals surface area contributed by atoms with Gasteiger partial charge in [-0.25, -0.2) is 15.0 Å². The number of anilines is 1. The topological polar surface area (TPSA) is 123 Å². The monoisotopic (exact) mass is 575 g/mol. The molecule has 0 aliphatic rings. The Hall–Kier alpha value is -4.99. The predicted molar refractivity (Wildman–Crippen MR) is 150 cm³/mol. The van der Waals surface area contributed by atoms with Crippen LogP contribution in [0.15, 0.2) is 102 Å². The van der Waals surface area contributed by atoms with Crippen LogP contribution in [0.2, 0.25) is 10.0 Å². The number of hydrogen-bond donors (Lipinski definition) is 2. The number of nitrogens with zero attached hydrogens (tertiary/aromatic N) is 1. The molecule has 0 spiro atoms. The van der Waals surface area contributed by atoms with Crippen molar-refractivity contribution in [2.24, 2.45) is 5.10 Å². The summed E-state index contributed by atoms with van der Waals surface area (Å²) in [4.78, 5) is 49.6. The van der Waals surface area contributed by atoms with Crippen LogP contribution in [0.25, 0.3) is 0 Å². The molecule has 0 aromatic heterocycles. The average molecular weight is 576 g/mol. The zero-order chi connectivity index (χ0) is 28.5. The summed E-state index contributed by atoms with van der Waals surface area (Å²) in [6.45, 7) is 0. The van der Waals surface area contributed by atoms with E-state index in [4.69, 9.17) is 32.7 Å². The number of hydrazone groups is 1. The number of rotatable bonds is 7. The third kappa shape index (κ3) is 7.53. The number of hydrogen-bond acceptors (Lipinski definition) is 7. The van der Waals surface area contributed by atoms with E-state index in [1.54, 1.807) is 60.7 Å². The van der Waals surface area contributed by atoms with E-state index in [0.29, 0.717) is 10.6 Å². The van der Waals surface area contributed by atoms with Gasteiger partial charge in [-0.15, -0.1) is 0 Å². The molecule has 0 saturated heterocycles. The van der Waals surface area contributed by atoms with Crippen LogP contribution in [0.1, 0.15) is 26.3 Å². The first-order chi connectivity index (χ1) is 19.3. The molecule has 0 unspecified atom stereocenters. The summed E-state index contributed by atoms with van der Waals surface area (Å²) in [5.74, 6) is -3.26. The highest BCUT2D eigenvalue weighted by Crippen LogP contribution is 2.26. The maximum Gasteiger partial charge on any atom is 0.343 e. The molecular formula is C29H19Cl2N3O6. The number of halogens is 2. The fourth-order valence-electron chi connectivity index (χ4n) is 3.22. The molecule has 0 heterocycles. The lowest BCUT2D eigenvalue weighted by Crippen LogP contribution is -2.32. The smallest absolute Gasteiger partial charge is 0.343 e. The molecule has 0 fully saturated rings. The van der Waals surface area contributed by atoms with Crippen LogP contribution in [0, 0.1) is 0 Å². The van der Waals surface area contributed by atoms with Crippen molar-refractivity contribution in [1.29, 1.82) is 0 Å². The molecule has 0 atom stereocenters. The highest BCUT2D eigenvalue weighted by molar-refractivity contribution is 6.43. The molecule has 4 aromatic carbocycles. The molecule has 0 aliphatic carbocycles. The molecule has 4 rings (SSSR count). The summed E-state index contributed by atoms with van der Waals surface area (Å²) in [7, 11) is 0. The second kappa shape index (κ2) is 13.2. The van der Waals surface area contributed by atoms with Crippen LogP contribution < -0.4 is 20.2 Å². The van der Waals surface area contributed by atoms with E-state index < -0.39 is 23.8 Å². The Labute approximate surface area is 238 Å². The van der Waals surface area contributed by atoms with E-state index >= 15 is 0 Å². The number of esters is 2. The standard InChI is InChI=1S/C29H19Cl2N3O6/c30-23-14-12-21(15-24(23)31)33-26(35)27(36)34-32-17-20-11-13-22(39-28(37)18-7-3-1-4-8-18)16-25(20)40-29(38)19-9-5-2-6-10-19/h1-17H,(H,33,35)(H,34,36). The first-order valence-electron chi connectivity index (χ1n) is 11.6. The van der Waals surface area contributed by atoms with Gasteiger partial charge in [-0.2, -0.15) is 5.10 Å². The number of benzene rings is 4. The van der Waals surface area contributed by atoms with Crippen LogP contribution in [-0.4, -0.2) is 30.0 Å². The van der Waals surface area contributed by atoms with Crippen molar-refractivity contribution in [3.63, 3.8) is 0 Å². The van der Waals surface area contributed by atoms with Crippen LogP contribution in [0.3, 0.4) is 0 Å². The number of ether oxygens (including phenoxy) is 2. The number of carbonyl (C=O) groups is 4. The summed E-state index contributed by atoms with van der Waals surface area (Å²) in [6.07, 6.45) is 1.17. The van der Waals surface area contributed by atoms with Gasteiger partial charge in [-0.3, -0.25) is 9.59 Å². The molecule has 2 amide bonds. The largest absolute Gasteiger partial charge is 0.423 e. The van der Waals surface area contributed by atoms with E-state index in [-0.39, 0.29) is 33.3 Å². The highest BCUT2D eigenvalue weighted by atomic mass is 35.5. The van der Waals surface area contributed by atoms with Crippen molar-refractivity contribution in [2.45, 2.75) is 0 Å². The highest BCUT2D eigenvalue weighted by Gasteiger charge is 2.16. The molecule has 4 aromatic rings. The first kappa shape index (κ1) is 28.0. The fourth-order valence-corrected chi connectivity index (χ4v) is 3.52. The molecular weight excluding hydrogens is 557 g/mol. The van der Waals surface area contributed by atoms with Gasteiger partial charge in [0.15, 0.2) is 0 Å². The minimum atomic E-state index is -1.07. The molecule has 0 saturated carbocycles. The molecule has 11 heteroatoms. The zero-order valence-corrected chi connectivity index (χ0v) is 22.0. The summed E-state index contributed by atoms with van der Waals surface area (Å²) < 4.78 is 10.9. The van der Waals surface area contributed by atoms with Gasteiger partial charge in [0, 0.05) is 17.3 Å². The minimum Gasteiger partial charge on any atom is -0.423 e. The van der Waals surface area contributed by atoms with E-state index in [1.165, 1.54) is 42.6 Å². The Bertz CT molecular complexity index is 1590. The van der Waals surface area contributed by atoms with E-state index in [9.17, 15) is 19.2 Å². The Kier molecular flexibility index (Phi) is 9.24. The summed E-state index contributed by atoms with van der Waals surface area (Å²) in [6, 6.07) is 25.2. The van der Waals surface area contributed by atoms with Gasteiger partial charge in [0.1, 0.15) is 11.5 Å². The van der Waals surface area contributed by atoms with Gasteiger partial charge < -0.3 is 14.8 Å². The van der Waals surface area contributed by atoms with Gasteiger partial charge in [0.25, 0.3) is 0 Å².